The molecule has 0 aliphatic heterocycles. The predicted octanol–water partition coefficient (Wildman–Crippen LogP) is 6.60. The molecule has 0 saturated carbocycles. The van der Waals surface area contributed by atoms with Gasteiger partial charge in [0.15, 0.2) is 0 Å². The Kier molecular flexibility index (Phi) is 7.30. The van der Waals surface area contributed by atoms with Crippen molar-refractivity contribution in [3.8, 4) is 0 Å². The van der Waals surface area contributed by atoms with E-state index in [1.54, 1.807) is 0 Å². The molecular weight excluding hydrogens is 526 g/mol. The second-order valence-corrected chi connectivity index (χ2v) is 16.7. The van der Waals surface area contributed by atoms with Crippen molar-refractivity contribution < 1.29 is 0 Å². The van der Waals surface area contributed by atoms with E-state index in [1.807, 2.05) is 0 Å². The van der Waals surface area contributed by atoms with Gasteiger partial charge in [-0.25, -0.2) is 0 Å². The van der Waals surface area contributed by atoms with Gasteiger partial charge in [-0.2, -0.15) is 0 Å². The van der Waals surface area contributed by atoms with E-state index in [-0.39, 0.29) is 0 Å². The van der Waals surface area contributed by atoms with Crippen LogP contribution in [0.3, 0.4) is 0 Å². The zero-order valence-corrected chi connectivity index (χ0v) is 20.0. The van der Waals surface area contributed by atoms with Crippen LogP contribution in [0.2, 0.25) is 0 Å². The first-order chi connectivity index (χ1) is 13.2. The number of rotatable bonds is 8. The van der Waals surface area contributed by atoms with Crippen LogP contribution >= 0.6 is 43.4 Å². The predicted molar refractivity (Wildman–Crippen MR) is 136 cm³/mol. The second-order valence-electron chi connectivity index (χ2n) is 6.67. The van der Waals surface area contributed by atoms with Crippen LogP contribution in [0, 0.1) is 0 Å². The molecule has 3 rings (SSSR count). The monoisotopic (exact) mass is 550 g/mol. The summed E-state index contributed by atoms with van der Waals surface area (Å²) in [6.07, 6.45) is 8.10. The van der Waals surface area contributed by atoms with Gasteiger partial charge in [0.2, 0.25) is 0 Å². The zero-order chi connectivity index (χ0) is 19.0. The van der Waals surface area contributed by atoms with Crippen molar-refractivity contribution in [2.24, 2.45) is 0 Å². The Hall–Kier alpha value is -0.960. The van der Waals surface area contributed by atoms with Gasteiger partial charge in [-0.15, -0.1) is 0 Å². The van der Waals surface area contributed by atoms with Crippen LogP contribution in [0.5, 0.6) is 0 Å². The molecular formula is C24H25BrIP. The quantitative estimate of drug-likeness (QED) is 0.0974. The number of hydrogen-bond donors (Lipinski definition) is 0. The number of unbranched alkanes of at least 4 members (excludes halogenated alkanes) is 1. The van der Waals surface area contributed by atoms with Crippen molar-refractivity contribution in [2.75, 3.05) is 10.6 Å². The van der Waals surface area contributed by atoms with Crippen LogP contribution in [0.25, 0.3) is 0 Å². The summed E-state index contributed by atoms with van der Waals surface area (Å²) in [6.45, 7) is 0. The summed E-state index contributed by atoms with van der Waals surface area (Å²) in [5.41, 5.74) is 0. The molecule has 0 atom stereocenters. The van der Waals surface area contributed by atoms with Crippen LogP contribution < -0.4 is 15.9 Å². The molecule has 140 valence electrons. The second kappa shape index (κ2) is 9.49. The first-order valence-electron chi connectivity index (χ1n) is 9.31. The zero-order valence-electron chi connectivity index (χ0n) is 15.3. The maximum absolute atomic E-state index is 4.46. The number of alkyl halides is 1. The van der Waals surface area contributed by atoms with Crippen LogP contribution in [0.1, 0.15) is 12.8 Å². The van der Waals surface area contributed by atoms with Gasteiger partial charge in [-0.05, 0) is 0 Å². The molecule has 0 aromatic heterocycles. The Labute approximate surface area is 184 Å². The number of hydrogen-bond acceptors (Lipinski definition) is 0. The fraction of sp³-hybridized carbons (Fsp3) is 0.167. The molecule has 0 nitrogen and oxygen atoms in total. The van der Waals surface area contributed by atoms with E-state index in [0.717, 1.165) is 12.6 Å². The molecule has 0 spiro atoms. The SMILES string of the molecule is BrP(CC=CCCCI)(c1ccccc1)(c1ccccc1)c1ccccc1. The minimum absolute atomic E-state index is 0.977. The molecule has 0 radical (unpaired) electrons. The van der Waals surface area contributed by atoms with Crippen LogP contribution in [-0.2, 0) is 0 Å². The van der Waals surface area contributed by atoms with E-state index in [1.165, 1.54) is 26.8 Å². The van der Waals surface area contributed by atoms with Gasteiger partial charge < -0.3 is 0 Å². The van der Waals surface area contributed by atoms with Crippen LogP contribution in [0.4, 0.5) is 0 Å². The summed E-state index contributed by atoms with van der Waals surface area (Å²) >= 11 is 6.92. The third-order valence-electron chi connectivity index (χ3n) is 5.00. The number of benzene rings is 3. The van der Waals surface area contributed by atoms with E-state index < -0.39 is 5.31 Å². The van der Waals surface area contributed by atoms with Crippen molar-refractivity contribution in [2.45, 2.75) is 12.8 Å². The van der Waals surface area contributed by atoms with Gasteiger partial charge in [-0.1, -0.05) is 0 Å². The van der Waals surface area contributed by atoms with Gasteiger partial charge in [0.1, 0.15) is 0 Å². The van der Waals surface area contributed by atoms with E-state index in [9.17, 15) is 0 Å². The molecule has 0 N–H and O–H groups in total. The summed E-state index contributed by atoms with van der Waals surface area (Å²) in [6, 6.07) is 32.9. The van der Waals surface area contributed by atoms with Crippen LogP contribution in [0.15, 0.2) is 103 Å². The molecule has 3 aromatic rings. The Morgan fingerprint density at radius 3 is 1.44 bits per heavy atom. The Balaban J connectivity index is 2.24. The molecule has 0 bridgehead atoms. The van der Waals surface area contributed by atoms with Crippen molar-refractivity contribution in [1.82, 2.24) is 0 Å². The Morgan fingerprint density at radius 1 is 0.667 bits per heavy atom. The molecule has 3 aromatic carbocycles. The van der Waals surface area contributed by atoms with Gasteiger partial charge in [0.25, 0.3) is 0 Å². The molecule has 3 heteroatoms. The molecule has 0 fully saturated rings. The summed E-state index contributed by atoms with van der Waals surface area (Å²) in [5.74, 6) is 0. The summed E-state index contributed by atoms with van der Waals surface area (Å²) < 4.78 is 1.20. The number of halogens is 2. The Morgan fingerprint density at radius 2 is 1.07 bits per heavy atom. The average Bonchev–Trinajstić information content (AvgIpc) is 2.75. The minimum atomic E-state index is -2.77. The van der Waals surface area contributed by atoms with Crippen LogP contribution in [-0.4, -0.2) is 10.6 Å². The third-order valence-corrected chi connectivity index (χ3v) is 15.3. The van der Waals surface area contributed by atoms with Gasteiger partial charge in [-0.3, -0.25) is 0 Å². The van der Waals surface area contributed by atoms with E-state index in [4.69, 9.17) is 0 Å². The fourth-order valence-corrected chi connectivity index (χ4v) is 11.1. The maximum atomic E-state index is 4.46. The first-order valence-corrected chi connectivity index (χ1v) is 15.3. The topological polar surface area (TPSA) is 0 Å². The summed E-state index contributed by atoms with van der Waals surface area (Å²) in [7, 11) is 0. The van der Waals surface area contributed by atoms with E-state index in [2.05, 4.69) is 141 Å². The molecule has 0 amide bonds. The van der Waals surface area contributed by atoms with Gasteiger partial charge in [0.05, 0.1) is 0 Å². The summed E-state index contributed by atoms with van der Waals surface area (Å²) in [4.78, 5) is 0. The van der Waals surface area contributed by atoms with Crippen molar-refractivity contribution in [1.29, 1.82) is 0 Å². The molecule has 0 saturated heterocycles. The van der Waals surface area contributed by atoms with E-state index >= 15 is 0 Å². The van der Waals surface area contributed by atoms with Crippen molar-refractivity contribution >= 4 is 59.3 Å². The van der Waals surface area contributed by atoms with E-state index in [0.29, 0.717) is 0 Å². The molecule has 0 aliphatic carbocycles. The molecule has 0 heterocycles. The van der Waals surface area contributed by atoms with Gasteiger partial charge in [0, 0.05) is 0 Å². The standard InChI is InChI=1S/C24H25BrIP/c25-27(21-13-2-1-12-20-26,22-14-6-3-7-15-22,23-16-8-4-9-17-23)24-18-10-5-11-19-24/h2-11,13-19H,1,12,20-21H2. The molecule has 0 aliphatic rings. The normalized spacial score (nSPS) is 13.3. The fourth-order valence-electron chi connectivity index (χ4n) is 3.57. The summed E-state index contributed by atoms with van der Waals surface area (Å²) in [5, 5.41) is 1.35. The number of allylic oxidation sites excluding steroid dienone is 2. The van der Waals surface area contributed by atoms with Crippen molar-refractivity contribution in [3.05, 3.63) is 103 Å². The van der Waals surface area contributed by atoms with Crippen molar-refractivity contribution in [3.63, 3.8) is 0 Å². The molecule has 0 unspecified atom stereocenters. The Bertz CT molecular complexity index is 763. The average molecular weight is 551 g/mol. The van der Waals surface area contributed by atoms with Gasteiger partial charge >= 0.3 is 186 Å². The third kappa shape index (κ3) is 4.23. The first kappa shape index (κ1) is 20.8. The molecule has 27 heavy (non-hydrogen) atoms.